The lowest BCUT2D eigenvalue weighted by molar-refractivity contribution is 0.439. The molecule has 1 saturated heterocycles. The molecule has 1 aromatic carbocycles. The van der Waals surface area contributed by atoms with Crippen LogP contribution in [0.5, 0.6) is 0 Å². The van der Waals surface area contributed by atoms with Gasteiger partial charge in [-0.25, -0.2) is 4.39 Å². The third-order valence-corrected chi connectivity index (χ3v) is 5.48. The molecule has 3 fully saturated rings. The van der Waals surface area contributed by atoms with Gasteiger partial charge in [0.25, 0.3) is 0 Å². The molecule has 20 heavy (non-hydrogen) atoms. The van der Waals surface area contributed by atoms with E-state index >= 15 is 0 Å². The molecule has 0 spiro atoms. The first-order chi connectivity index (χ1) is 9.79. The second-order valence-corrected chi connectivity index (χ2v) is 6.79. The van der Waals surface area contributed by atoms with E-state index in [0.29, 0.717) is 6.04 Å². The fourth-order valence-corrected chi connectivity index (χ4v) is 4.45. The van der Waals surface area contributed by atoms with Crippen LogP contribution >= 0.6 is 0 Å². The highest BCUT2D eigenvalue weighted by Crippen LogP contribution is 2.45. The third kappa shape index (κ3) is 2.17. The molecular weight excluding hydrogens is 251 g/mol. The third-order valence-electron chi connectivity index (χ3n) is 5.48. The fraction of sp³-hybridized carbons (Fsp3) is 0.647. The topological polar surface area (TPSA) is 15.3 Å². The van der Waals surface area contributed by atoms with Crippen molar-refractivity contribution in [2.24, 2.45) is 11.8 Å². The number of anilines is 2. The molecule has 0 radical (unpaired) electrons. The summed E-state index contributed by atoms with van der Waals surface area (Å²) in [5.74, 6) is 1.67. The largest absolute Gasteiger partial charge is 0.382 e. The maximum absolute atomic E-state index is 14.3. The molecule has 3 heteroatoms. The van der Waals surface area contributed by atoms with E-state index in [1.54, 1.807) is 6.07 Å². The van der Waals surface area contributed by atoms with Crippen LogP contribution in [0.3, 0.4) is 0 Å². The quantitative estimate of drug-likeness (QED) is 0.895. The Morgan fingerprint density at radius 2 is 1.95 bits per heavy atom. The predicted molar refractivity (Wildman–Crippen MR) is 80.7 cm³/mol. The van der Waals surface area contributed by atoms with Gasteiger partial charge in [0.1, 0.15) is 5.82 Å². The van der Waals surface area contributed by atoms with Gasteiger partial charge < -0.3 is 10.2 Å². The molecule has 3 atom stereocenters. The second kappa shape index (κ2) is 4.94. The highest BCUT2D eigenvalue weighted by molar-refractivity contribution is 5.57. The Bertz CT molecular complexity index is 496. The maximum atomic E-state index is 14.3. The average Bonchev–Trinajstić information content (AvgIpc) is 3.16. The monoisotopic (exact) mass is 274 g/mol. The molecule has 108 valence electrons. The van der Waals surface area contributed by atoms with Crippen molar-refractivity contribution in [3.8, 4) is 0 Å². The smallest absolute Gasteiger partial charge is 0.148 e. The first-order valence-electron chi connectivity index (χ1n) is 8.10. The van der Waals surface area contributed by atoms with Crippen LogP contribution < -0.4 is 10.2 Å². The molecule has 3 aliphatic rings. The summed E-state index contributed by atoms with van der Waals surface area (Å²) in [6.07, 6.45) is 7.79. The zero-order valence-corrected chi connectivity index (χ0v) is 11.9. The molecule has 0 aromatic heterocycles. The molecule has 1 aromatic rings. The SMILES string of the molecule is Fc1cc(NC2CC3CCC2C3)ccc1N1CCCC1. The number of nitrogens with one attached hydrogen (secondary N) is 1. The lowest BCUT2D eigenvalue weighted by Crippen LogP contribution is -2.26. The first kappa shape index (κ1) is 12.5. The molecule has 2 bridgehead atoms. The minimum atomic E-state index is -0.0694. The standard InChI is InChI=1S/C17H23FN2/c18-15-11-14(5-6-17(15)20-7-1-2-8-20)19-16-10-12-3-4-13(16)9-12/h5-6,11-13,16,19H,1-4,7-10H2. The number of fused-ring (bicyclic) bond motifs is 2. The van der Waals surface area contributed by atoms with Crippen molar-refractivity contribution < 1.29 is 4.39 Å². The Morgan fingerprint density at radius 1 is 1.10 bits per heavy atom. The van der Waals surface area contributed by atoms with Crippen molar-refractivity contribution in [3.63, 3.8) is 0 Å². The molecule has 2 aliphatic carbocycles. The van der Waals surface area contributed by atoms with Crippen molar-refractivity contribution in [3.05, 3.63) is 24.0 Å². The summed E-state index contributed by atoms with van der Waals surface area (Å²) in [7, 11) is 0. The molecule has 2 saturated carbocycles. The summed E-state index contributed by atoms with van der Waals surface area (Å²) >= 11 is 0. The Balaban J connectivity index is 1.47. The van der Waals surface area contributed by atoms with E-state index in [1.807, 2.05) is 6.07 Å². The van der Waals surface area contributed by atoms with Crippen LogP contribution in [0.25, 0.3) is 0 Å². The molecule has 1 N–H and O–H groups in total. The summed E-state index contributed by atoms with van der Waals surface area (Å²) in [5.41, 5.74) is 1.74. The summed E-state index contributed by atoms with van der Waals surface area (Å²) in [4.78, 5) is 2.16. The molecule has 0 amide bonds. The number of hydrogen-bond donors (Lipinski definition) is 1. The van der Waals surface area contributed by atoms with Crippen molar-refractivity contribution in [2.45, 2.75) is 44.6 Å². The Morgan fingerprint density at radius 3 is 2.60 bits per heavy atom. The zero-order valence-electron chi connectivity index (χ0n) is 11.9. The number of benzene rings is 1. The fourth-order valence-electron chi connectivity index (χ4n) is 4.45. The summed E-state index contributed by atoms with van der Waals surface area (Å²) in [6.45, 7) is 1.99. The normalized spacial score (nSPS) is 32.0. The minimum Gasteiger partial charge on any atom is -0.382 e. The maximum Gasteiger partial charge on any atom is 0.148 e. The minimum absolute atomic E-state index is 0.0694. The van der Waals surface area contributed by atoms with E-state index in [2.05, 4.69) is 16.3 Å². The van der Waals surface area contributed by atoms with Crippen LogP contribution in [0, 0.1) is 17.7 Å². The van der Waals surface area contributed by atoms with E-state index in [0.717, 1.165) is 36.3 Å². The highest BCUT2D eigenvalue weighted by Gasteiger charge is 2.39. The van der Waals surface area contributed by atoms with Crippen molar-refractivity contribution in [1.82, 2.24) is 0 Å². The highest BCUT2D eigenvalue weighted by atomic mass is 19.1. The molecule has 3 unspecified atom stereocenters. The van der Waals surface area contributed by atoms with Gasteiger partial charge in [-0.15, -0.1) is 0 Å². The predicted octanol–water partition coefficient (Wildman–Crippen LogP) is 4.03. The van der Waals surface area contributed by atoms with E-state index in [4.69, 9.17) is 0 Å². The van der Waals surface area contributed by atoms with E-state index in [1.165, 1.54) is 38.5 Å². The van der Waals surface area contributed by atoms with E-state index < -0.39 is 0 Å². The van der Waals surface area contributed by atoms with Crippen LogP contribution in [-0.2, 0) is 0 Å². The Hall–Kier alpha value is -1.25. The van der Waals surface area contributed by atoms with Crippen LogP contribution in [0.4, 0.5) is 15.8 Å². The summed E-state index contributed by atoms with van der Waals surface area (Å²) in [5, 5.41) is 3.57. The number of rotatable bonds is 3. The summed E-state index contributed by atoms with van der Waals surface area (Å²) in [6, 6.07) is 6.28. The van der Waals surface area contributed by atoms with Crippen molar-refractivity contribution in [1.29, 1.82) is 0 Å². The Labute approximate surface area is 120 Å². The van der Waals surface area contributed by atoms with Crippen LogP contribution in [-0.4, -0.2) is 19.1 Å². The number of nitrogens with zero attached hydrogens (tertiary/aromatic N) is 1. The van der Waals surface area contributed by atoms with E-state index in [-0.39, 0.29) is 5.82 Å². The zero-order chi connectivity index (χ0) is 13.5. The number of halogens is 1. The molecule has 1 aliphatic heterocycles. The lowest BCUT2D eigenvalue weighted by atomic mass is 9.95. The van der Waals surface area contributed by atoms with Gasteiger partial charge in [0, 0.05) is 24.8 Å². The van der Waals surface area contributed by atoms with Crippen LogP contribution in [0.15, 0.2) is 18.2 Å². The van der Waals surface area contributed by atoms with Gasteiger partial charge >= 0.3 is 0 Å². The van der Waals surface area contributed by atoms with Gasteiger partial charge in [-0.05, 0) is 62.1 Å². The van der Waals surface area contributed by atoms with Gasteiger partial charge in [0.05, 0.1) is 5.69 Å². The van der Waals surface area contributed by atoms with Crippen molar-refractivity contribution >= 4 is 11.4 Å². The first-order valence-corrected chi connectivity index (χ1v) is 8.10. The van der Waals surface area contributed by atoms with Gasteiger partial charge in [-0.3, -0.25) is 0 Å². The second-order valence-electron chi connectivity index (χ2n) is 6.79. The summed E-state index contributed by atoms with van der Waals surface area (Å²) < 4.78 is 14.3. The van der Waals surface area contributed by atoms with Gasteiger partial charge in [0.15, 0.2) is 0 Å². The van der Waals surface area contributed by atoms with Gasteiger partial charge in [0.2, 0.25) is 0 Å². The van der Waals surface area contributed by atoms with Crippen LogP contribution in [0.1, 0.15) is 38.5 Å². The van der Waals surface area contributed by atoms with Gasteiger partial charge in [-0.2, -0.15) is 0 Å². The average molecular weight is 274 g/mol. The molecule has 1 heterocycles. The molecule has 4 rings (SSSR count). The van der Waals surface area contributed by atoms with Gasteiger partial charge in [-0.1, -0.05) is 6.42 Å². The van der Waals surface area contributed by atoms with Crippen molar-refractivity contribution in [2.75, 3.05) is 23.3 Å². The van der Waals surface area contributed by atoms with Crippen LogP contribution in [0.2, 0.25) is 0 Å². The molecular formula is C17H23FN2. The number of hydrogen-bond acceptors (Lipinski definition) is 2. The Kier molecular flexibility index (Phi) is 3.08. The lowest BCUT2D eigenvalue weighted by Gasteiger charge is -2.25. The molecule has 2 nitrogen and oxygen atoms in total. The van der Waals surface area contributed by atoms with E-state index in [9.17, 15) is 4.39 Å².